The number of rotatable bonds is 9. The van der Waals surface area contributed by atoms with E-state index in [-0.39, 0.29) is 65.0 Å². The molecule has 43 heavy (non-hydrogen) atoms. The van der Waals surface area contributed by atoms with Crippen LogP contribution in [0.3, 0.4) is 0 Å². The van der Waals surface area contributed by atoms with E-state index >= 15 is 4.39 Å². The summed E-state index contributed by atoms with van der Waals surface area (Å²) in [5.41, 5.74) is -2.05. The van der Waals surface area contributed by atoms with Gasteiger partial charge >= 0.3 is 5.97 Å². The Morgan fingerprint density at radius 2 is 1.70 bits per heavy atom. The van der Waals surface area contributed by atoms with Crippen molar-refractivity contribution in [1.29, 1.82) is 0 Å². The topological polar surface area (TPSA) is 123 Å². The molecule has 0 aromatic heterocycles. The largest absolute Gasteiger partial charge is 0.496 e. The molecule has 4 atom stereocenters. The van der Waals surface area contributed by atoms with E-state index in [0.717, 1.165) is 38.2 Å². The molecule has 2 bridgehead atoms. The third kappa shape index (κ3) is 6.79. The van der Waals surface area contributed by atoms with Crippen molar-refractivity contribution < 1.29 is 38.1 Å². The zero-order valence-corrected chi connectivity index (χ0v) is 26.1. The maximum atomic E-state index is 15.1. The number of carbonyl (C=O) groups excluding carboxylic acids is 3. The van der Waals surface area contributed by atoms with Crippen molar-refractivity contribution >= 4 is 17.8 Å². The molecular formula is C33H47FN2O7. The summed E-state index contributed by atoms with van der Waals surface area (Å²) in [6, 6.07) is 2.18. The maximum Gasteiger partial charge on any atom is 0.338 e. The Hall–Kier alpha value is -2.88. The van der Waals surface area contributed by atoms with Crippen LogP contribution < -0.4 is 20.1 Å². The molecule has 9 nitrogen and oxygen atoms in total. The Labute approximate surface area is 253 Å². The molecule has 5 rings (SSSR count). The van der Waals surface area contributed by atoms with Crippen molar-refractivity contribution in [3.05, 3.63) is 23.5 Å². The Morgan fingerprint density at radius 1 is 1.02 bits per heavy atom. The van der Waals surface area contributed by atoms with Crippen LogP contribution in [-0.4, -0.2) is 59.9 Å². The zero-order chi connectivity index (χ0) is 31.2. The number of ether oxygens (including phenoxy) is 3. The molecule has 4 fully saturated rings. The quantitative estimate of drug-likeness (QED) is 0.351. The van der Waals surface area contributed by atoms with E-state index in [9.17, 15) is 19.5 Å². The van der Waals surface area contributed by atoms with Gasteiger partial charge in [0.2, 0.25) is 5.91 Å². The van der Waals surface area contributed by atoms with Crippen LogP contribution in [0.1, 0.15) is 102 Å². The van der Waals surface area contributed by atoms with Gasteiger partial charge in [0.15, 0.2) is 17.2 Å². The predicted octanol–water partition coefficient (Wildman–Crippen LogP) is 4.68. The molecule has 4 saturated carbocycles. The molecule has 3 N–H and O–H groups in total. The standard InChI is InChI=1S/C33H47FN2O7/c1-31(2,3)43-30(39)33(40)13-9-21(10-14-33)42-25-16-22(24(41-5)17-23(25)34)28(37)36-27-20-8-7-19(15-20)26(27)29(38)35-18-32(4)11-6-12-32/h16-17,19-21,26-27,40H,6-15,18H2,1-5H3,(H,35,38)(H,36,37)/t19-,20+,21?,26+,27-,33?/m1/s1. The molecule has 0 aliphatic heterocycles. The van der Waals surface area contributed by atoms with Crippen molar-refractivity contribution in [1.82, 2.24) is 10.6 Å². The first-order valence-corrected chi connectivity index (χ1v) is 15.8. The predicted molar refractivity (Wildman–Crippen MR) is 157 cm³/mol. The van der Waals surface area contributed by atoms with Gasteiger partial charge in [0, 0.05) is 18.7 Å². The van der Waals surface area contributed by atoms with E-state index in [2.05, 4.69) is 17.6 Å². The Kier molecular flexibility index (Phi) is 8.73. The lowest BCUT2D eigenvalue weighted by Crippen LogP contribution is -2.51. The number of esters is 1. The number of nitrogens with one attached hydrogen (secondary N) is 2. The summed E-state index contributed by atoms with van der Waals surface area (Å²) in [4.78, 5) is 39.5. The fraction of sp³-hybridized carbons (Fsp3) is 0.727. The summed E-state index contributed by atoms with van der Waals surface area (Å²) in [7, 11) is 1.37. The van der Waals surface area contributed by atoms with Crippen LogP contribution in [0.2, 0.25) is 0 Å². The molecule has 0 spiro atoms. The molecular weight excluding hydrogens is 555 g/mol. The van der Waals surface area contributed by atoms with Gasteiger partial charge in [-0.25, -0.2) is 9.18 Å². The number of amides is 2. The first-order chi connectivity index (χ1) is 20.2. The second kappa shape index (κ2) is 11.9. The zero-order valence-electron chi connectivity index (χ0n) is 26.1. The summed E-state index contributed by atoms with van der Waals surface area (Å²) in [6.07, 6.45) is 6.67. The van der Waals surface area contributed by atoms with Crippen molar-refractivity contribution in [2.24, 2.45) is 23.2 Å². The summed E-state index contributed by atoms with van der Waals surface area (Å²) >= 11 is 0. The fourth-order valence-electron chi connectivity index (χ4n) is 7.40. The minimum Gasteiger partial charge on any atom is -0.496 e. The number of fused-ring (bicyclic) bond motifs is 2. The van der Waals surface area contributed by atoms with Gasteiger partial charge in [-0.05, 0) is 102 Å². The number of benzene rings is 1. The lowest BCUT2D eigenvalue weighted by Gasteiger charge is -2.39. The van der Waals surface area contributed by atoms with Crippen molar-refractivity contribution in [2.75, 3.05) is 13.7 Å². The van der Waals surface area contributed by atoms with Gasteiger partial charge < -0.3 is 30.0 Å². The van der Waals surface area contributed by atoms with E-state index in [0.29, 0.717) is 19.4 Å². The number of halogens is 1. The van der Waals surface area contributed by atoms with Crippen LogP contribution in [0.25, 0.3) is 0 Å². The first kappa shape index (κ1) is 31.5. The summed E-state index contributed by atoms with van der Waals surface area (Å²) in [5.74, 6) is -1.64. The summed E-state index contributed by atoms with van der Waals surface area (Å²) in [6.45, 7) is 8.08. The highest BCUT2D eigenvalue weighted by molar-refractivity contribution is 5.98. The SMILES string of the molecule is COc1cc(F)c(OC2CCC(O)(C(=O)OC(C)(C)C)CC2)cc1C(=O)N[C@@H]1[C@H]2CC[C@H](C2)[C@@H]1C(=O)NCC1(C)CCC1. The fourth-order valence-corrected chi connectivity index (χ4v) is 7.40. The third-order valence-electron chi connectivity index (χ3n) is 10.1. The number of hydrogen-bond acceptors (Lipinski definition) is 7. The minimum absolute atomic E-state index is 0.00404. The van der Waals surface area contributed by atoms with Gasteiger partial charge in [-0.3, -0.25) is 9.59 Å². The molecule has 4 aliphatic rings. The molecule has 0 saturated heterocycles. The van der Waals surface area contributed by atoms with E-state index in [1.807, 2.05) is 0 Å². The normalized spacial score (nSPS) is 31.1. The van der Waals surface area contributed by atoms with Gasteiger partial charge in [-0.1, -0.05) is 13.3 Å². The van der Waals surface area contributed by atoms with Gasteiger partial charge in [0.05, 0.1) is 24.7 Å². The third-order valence-corrected chi connectivity index (χ3v) is 10.1. The van der Waals surface area contributed by atoms with Crippen molar-refractivity contribution in [3.8, 4) is 11.5 Å². The molecule has 0 heterocycles. The molecule has 1 aromatic rings. The van der Waals surface area contributed by atoms with Crippen LogP contribution in [0.5, 0.6) is 11.5 Å². The Bertz CT molecular complexity index is 1230. The maximum absolute atomic E-state index is 15.1. The summed E-state index contributed by atoms with van der Waals surface area (Å²) < 4.78 is 31.8. The van der Waals surface area contributed by atoms with Crippen LogP contribution in [0.15, 0.2) is 12.1 Å². The smallest absolute Gasteiger partial charge is 0.338 e. The molecule has 238 valence electrons. The second-order valence-corrected chi connectivity index (χ2v) is 14.6. The number of carbonyl (C=O) groups is 3. The molecule has 10 heteroatoms. The van der Waals surface area contributed by atoms with Gasteiger partial charge in [0.1, 0.15) is 11.4 Å². The number of hydrogen-bond donors (Lipinski definition) is 3. The van der Waals surface area contributed by atoms with Crippen LogP contribution in [0, 0.1) is 29.0 Å². The first-order valence-electron chi connectivity index (χ1n) is 15.8. The highest BCUT2D eigenvalue weighted by Gasteiger charge is 2.52. The Morgan fingerprint density at radius 3 is 2.30 bits per heavy atom. The van der Waals surface area contributed by atoms with E-state index in [4.69, 9.17) is 14.2 Å². The second-order valence-electron chi connectivity index (χ2n) is 14.6. The molecule has 0 radical (unpaired) electrons. The van der Waals surface area contributed by atoms with Gasteiger partial charge in [-0.2, -0.15) is 0 Å². The van der Waals surface area contributed by atoms with Gasteiger partial charge in [-0.15, -0.1) is 0 Å². The molecule has 1 aromatic carbocycles. The monoisotopic (exact) mass is 602 g/mol. The van der Waals surface area contributed by atoms with Crippen molar-refractivity contribution in [3.63, 3.8) is 0 Å². The average molecular weight is 603 g/mol. The highest BCUT2D eigenvalue weighted by Crippen LogP contribution is 2.49. The lowest BCUT2D eigenvalue weighted by atomic mass is 9.70. The molecule has 0 unspecified atom stereocenters. The number of aliphatic hydroxyl groups is 1. The van der Waals surface area contributed by atoms with E-state index in [1.165, 1.54) is 19.6 Å². The Balaban J connectivity index is 1.25. The number of methoxy groups -OCH3 is 1. The van der Waals surface area contributed by atoms with Gasteiger partial charge in [0.25, 0.3) is 5.91 Å². The van der Waals surface area contributed by atoms with Crippen LogP contribution in [0.4, 0.5) is 4.39 Å². The highest BCUT2D eigenvalue weighted by atomic mass is 19.1. The summed E-state index contributed by atoms with van der Waals surface area (Å²) in [5, 5.41) is 17.1. The minimum atomic E-state index is -1.62. The van der Waals surface area contributed by atoms with Crippen molar-refractivity contribution in [2.45, 2.75) is 115 Å². The van der Waals surface area contributed by atoms with E-state index in [1.54, 1.807) is 20.8 Å². The van der Waals surface area contributed by atoms with Crippen LogP contribution in [-0.2, 0) is 14.3 Å². The lowest BCUT2D eigenvalue weighted by molar-refractivity contribution is -0.182. The van der Waals surface area contributed by atoms with Crippen LogP contribution >= 0.6 is 0 Å². The van der Waals surface area contributed by atoms with E-state index < -0.39 is 35.0 Å². The molecule has 2 amide bonds. The average Bonchev–Trinajstić information content (AvgIpc) is 3.54. The molecule has 4 aliphatic carbocycles.